The van der Waals surface area contributed by atoms with Crippen LogP contribution in [0, 0.1) is 11.3 Å². The summed E-state index contributed by atoms with van der Waals surface area (Å²) in [6.45, 7) is 9.92. The molecule has 0 saturated carbocycles. The van der Waals surface area contributed by atoms with Crippen LogP contribution in [0.25, 0.3) is 10.8 Å². The minimum atomic E-state index is 0.235. The van der Waals surface area contributed by atoms with Gasteiger partial charge in [-0.15, -0.1) is 5.10 Å². The largest absolute Gasteiger partial charge is 0.368 e. The normalized spacial score (nSPS) is 12.1. The van der Waals surface area contributed by atoms with Crippen molar-refractivity contribution in [2.45, 2.75) is 27.7 Å². The molecule has 0 unspecified atom stereocenters. The van der Waals surface area contributed by atoms with Gasteiger partial charge in [-0.05, 0) is 11.3 Å². The summed E-state index contributed by atoms with van der Waals surface area (Å²) < 4.78 is 0. The molecular formula is C15H21N3. The lowest BCUT2D eigenvalue weighted by Crippen LogP contribution is -2.28. The van der Waals surface area contributed by atoms with Crippen LogP contribution in [0.15, 0.2) is 30.5 Å². The van der Waals surface area contributed by atoms with Crippen LogP contribution >= 0.6 is 0 Å². The fraction of sp³-hybridized carbons (Fsp3) is 0.467. The van der Waals surface area contributed by atoms with Crippen molar-refractivity contribution in [1.82, 2.24) is 10.2 Å². The van der Waals surface area contributed by atoms with Crippen molar-refractivity contribution in [2.75, 3.05) is 11.9 Å². The van der Waals surface area contributed by atoms with Crippen LogP contribution in [0.2, 0.25) is 0 Å². The molecule has 2 rings (SSSR count). The first-order valence-corrected chi connectivity index (χ1v) is 6.45. The molecule has 3 nitrogen and oxygen atoms in total. The summed E-state index contributed by atoms with van der Waals surface area (Å²) in [5.74, 6) is 1.50. The Bertz CT molecular complexity index is 527. The van der Waals surface area contributed by atoms with Gasteiger partial charge in [0.1, 0.15) is 0 Å². The number of aromatic nitrogens is 2. The maximum absolute atomic E-state index is 4.21. The fourth-order valence-corrected chi connectivity index (χ4v) is 1.67. The van der Waals surface area contributed by atoms with Crippen LogP contribution in [0.5, 0.6) is 0 Å². The molecule has 1 aromatic heterocycles. The highest BCUT2D eigenvalue weighted by Crippen LogP contribution is 2.27. The number of benzene rings is 1. The number of rotatable bonds is 4. The smallest absolute Gasteiger partial charge is 0.156 e. The molecule has 0 amide bonds. The summed E-state index contributed by atoms with van der Waals surface area (Å²) in [6, 6.07) is 8.19. The topological polar surface area (TPSA) is 37.8 Å². The van der Waals surface area contributed by atoms with Crippen molar-refractivity contribution in [1.29, 1.82) is 0 Å². The minimum Gasteiger partial charge on any atom is -0.368 e. The van der Waals surface area contributed by atoms with Crippen LogP contribution in [-0.4, -0.2) is 16.7 Å². The molecule has 0 aliphatic heterocycles. The highest BCUT2D eigenvalue weighted by molar-refractivity contribution is 5.90. The monoisotopic (exact) mass is 243 g/mol. The number of nitrogens with zero attached hydrogens (tertiary/aromatic N) is 2. The molecule has 1 aromatic carbocycles. The third kappa shape index (κ3) is 2.61. The minimum absolute atomic E-state index is 0.235. The second kappa shape index (κ2) is 4.92. The molecular weight excluding hydrogens is 222 g/mol. The van der Waals surface area contributed by atoms with Gasteiger partial charge in [0.15, 0.2) is 5.82 Å². The quantitative estimate of drug-likeness (QED) is 0.889. The third-order valence-electron chi connectivity index (χ3n) is 3.84. The molecule has 96 valence electrons. The molecule has 2 aromatic rings. The Hall–Kier alpha value is -1.64. The molecule has 3 heteroatoms. The zero-order chi connectivity index (χ0) is 13.2. The van der Waals surface area contributed by atoms with Gasteiger partial charge in [-0.1, -0.05) is 52.0 Å². The first-order chi connectivity index (χ1) is 8.50. The van der Waals surface area contributed by atoms with Crippen molar-refractivity contribution in [3.8, 4) is 0 Å². The molecule has 0 spiro atoms. The van der Waals surface area contributed by atoms with E-state index in [0.717, 1.165) is 23.1 Å². The Labute approximate surface area is 109 Å². The highest BCUT2D eigenvalue weighted by atomic mass is 15.2. The van der Waals surface area contributed by atoms with Gasteiger partial charge in [0, 0.05) is 17.3 Å². The molecule has 0 aliphatic rings. The lowest BCUT2D eigenvalue weighted by molar-refractivity contribution is 0.269. The zero-order valence-electron chi connectivity index (χ0n) is 11.6. The number of hydrogen-bond acceptors (Lipinski definition) is 3. The standard InChI is InChI=1S/C15H21N3/c1-11(2)15(3,4)10-16-14-13-8-6-5-7-12(13)9-17-18-14/h5-9,11H,10H2,1-4H3,(H,16,18). The second-order valence-corrected chi connectivity index (χ2v) is 5.78. The maximum atomic E-state index is 4.21. The molecule has 18 heavy (non-hydrogen) atoms. The summed E-state index contributed by atoms with van der Waals surface area (Å²) in [4.78, 5) is 0. The van der Waals surface area contributed by atoms with E-state index in [9.17, 15) is 0 Å². The third-order valence-corrected chi connectivity index (χ3v) is 3.84. The van der Waals surface area contributed by atoms with Gasteiger partial charge < -0.3 is 5.32 Å². The molecule has 0 radical (unpaired) electrons. The lowest BCUT2D eigenvalue weighted by atomic mass is 9.81. The first kappa shape index (κ1) is 12.8. The van der Waals surface area contributed by atoms with E-state index in [1.165, 1.54) is 0 Å². The number of hydrogen-bond donors (Lipinski definition) is 1. The predicted molar refractivity (Wildman–Crippen MR) is 76.6 cm³/mol. The highest BCUT2D eigenvalue weighted by Gasteiger charge is 2.22. The predicted octanol–water partition coefficient (Wildman–Crippen LogP) is 3.72. The van der Waals surface area contributed by atoms with Gasteiger partial charge in [-0.3, -0.25) is 0 Å². The summed E-state index contributed by atoms with van der Waals surface area (Å²) in [7, 11) is 0. The fourth-order valence-electron chi connectivity index (χ4n) is 1.67. The Morgan fingerprint density at radius 2 is 1.94 bits per heavy atom. The second-order valence-electron chi connectivity index (χ2n) is 5.78. The number of nitrogens with one attached hydrogen (secondary N) is 1. The van der Waals surface area contributed by atoms with Crippen LogP contribution in [-0.2, 0) is 0 Å². The van der Waals surface area contributed by atoms with Crippen molar-refractivity contribution in [2.24, 2.45) is 11.3 Å². The van der Waals surface area contributed by atoms with E-state index >= 15 is 0 Å². The summed E-state index contributed by atoms with van der Waals surface area (Å²) in [5.41, 5.74) is 0.235. The van der Waals surface area contributed by atoms with Crippen molar-refractivity contribution in [3.63, 3.8) is 0 Å². The first-order valence-electron chi connectivity index (χ1n) is 6.45. The molecule has 0 fully saturated rings. The van der Waals surface area contributed by atoms with Gasteiger partial charge in [0.25, 0.3) is 0 Å². The summed E-state index contributed by atoms with van der Waals surface area (Å²) in [6.07, 6.45) is 1.80. The molecule has 1 N–H and O–H groups in total. The van der Waals surface area contributed by atoms with Gasteiger partial charge in [0.2, 0.25) is 0 Å². The van der Waals surface area contributed by atoms with Gasteiger partial charge in [0.05, 0.1) is 6.20 Å². The van der Waals surface area contributed by atoms with Crippen molar-refractivity contribution < 1.29 is 0 Å². The average molecular weight is 243 g/mol. The van der Waals surface area contributed by atoms with Crippen LogP contribution in [0.3, 0.4) is 0 Å². The number of fused-ring (bicyclic) bond motifs is 1. The summed E-state index contributed by atoms with van der Waals surface area (Å²) >= 11 is 0. The number of anilines is 1. The van der Waals surface area contributed by atoms with E-state index < -0.39 is 0 Å². The van der Waals surface area contributed by atoms with Crippen LogP contribution in [0.4, 0.5) is 5.82 Å². The van der Waals surface area contributed by atoms with Crippen LogP contribution < -0.4 is 5.32 Å². The average Bonchev–Trinajstić information content (AvgIpc) is 2.36. The molecule has 1 heterocycles. The Morgan fingerprint density at radius 3 is 2.67 bits per heavy atom. The SMILES string of the molecule is CC(C)C(C)(C)CNc1nncc2ccccc12. The molecule has 0 saturated heterocycles. The Morgan fingerprint density at radius 1 is 1.22 bits per heavy atom. The van der Waals surface area contributed by atoms with Crippen molar-refractivity contribution >= 4 is 16.6 Å². The van der Waals surface area contributed by atoms with E-state index in [-0.39, 0.29) is 5.41 Å². The summed E-state index contributed by atoms with van der Waals surface area (Å²) in [5, 5.41) is 13.9. The lowest BCUT2D eigenvalue weighted by Gasteiger charge is -2.29. The van der Waals surface area contributed by atoms with Gasteiger partial charge in [-0.2, -0.15) is 5.10 Å². The molecule has 0 bridgehead atoms. The van der Waals surface area contributed by atoms with E-state index in [0.29, 0.717) is 5.92 Å². The maximum Gasteiger partial charge on any atom is 0.156 e. The zero-order valence-corrected chi connectivity index (χ0v) is 11.6. The Kier molecular flexibility index (Phi) is 3.50. The van der Waals surface area contributed by atoms with E-state index in [1.54, 1.807) is 6.20 Å². The van der Waals surface area contributed by atoms with E-state index in [1.807, 2.05) is 12.1 Å². The van der Waals surface area contributed by atoms with Gasteiger partial charge >= 0.3 is 0 Å². The molecule has 0 atom stereocenters. The van der Waals surface area contributed by atoms with Gasteiger partial charge in [-0.25, -0.2) is 0 Å². The van der Waals surface area contributed by atoms with Crippen LogP contribution in [0.1, 0.15) is 27.7 Å². The Balaban J connectivity index is 2.22. The van der Waals surface area contributed by atoms with E-state index in [2.05, 4.69) is 55.3 Å². The molecule has 0 aliphatic carbocycles. The van der Waals surface area contributed by atoms with Crippen molar-refractivity contribution in [3.05, 3.63) is 30.5 Å². The van der Waals surface area contributed by atoms with E-state index in [4.69, 9.17) is 0 Å².